The van der Waals surface area contributed by atoms with E-state index in [1.165, 1.54) is 27.6 Å². The monoisotopic (exact) mass is 565 g/mol. The van der Waals surface area contributed by atoms with Crippen LogP contribution in [0, 0.1) is 0 Å². The minimum absolute atomic E-state index is 0.00838. The molecule has 2 unspecified atom stereocenters. The van der Waals surface area contributed by atoms with Crippen molar-refractivity contribution in [3.63, 3.8) is 0 Å². The molecule has 0 radical (unpaired) electrons. The van der Waals surface area contributed by atoms with Gasteiger partial charge in [-0.05, 0) is 41.8 Å². The van der Waals surface area contributed by atoms with Crippen LogP contribution in [0.1, 0.15) is 35.2 Å². The molecule has 2 atom stereocenters. The minimum Gasteiger partial charge on any atom is -0.355 e. The number of H-pyrrole nitrogens is 1. The maximum Gasteiger partial charge on any atom is 0.163 e. The molecule has 1 N–H and O–H groups in total. The summed E-state index contributed by atoms with van der Waals surface area (Å²) < 4.78 is 0. The minimum atomic E-state index is -0.00838. The Morgan fingerprint density at radius 3 is 1.95 bits per heavy atom. The van der Waals surface area contributed by atoms with E-state index in [1.807, 2.05) is 36.4 Å². The topological polar surface area (TPSA) is 66.8 Å². The van der Waals surface area contributed by atoms with Crippen LogP contribution in [0.25, 0.3) is 50.9 Å². The number of hydrogen-bond donors (Lipinski definition) is 1. The molecule has 1 aliphatic carbocycles. The van der Waals surface area contributed by atoms with Crippen molar-refractivity contribution in [1.82, 2.24) is 19.9 Å². The lowest BCUT2D eigenvalue weighted by molar-refractivity contribution is 0.630. The molecule has 3 heterocycles. The first-order chi connectivity index (χ1) is 21.8. The van der Waals surface area contributed by atoms with Crippen molar-refractivity contribution in [3.8, 4) is 33.9 Å². The third-order valence-corrected chi connectivity index (χ3v) is 8.88. The number of aromatic nitrogens is 4. The van der Waals surface area contributed by atoms with Crippen molar-refractivity contribution >= 4 is 22.7 Å². The van der Waals surface area contributed by atoms with Crippen molar-refractivity contribution in [2.75, 3.05) is 0 Å². The molecule has 0 saturated heterocycles. The predicted molar refractivity (Wildman–Crippen MR) is 175 cm³/mol. The van der Waals surface area contributed by atoms with E-state index in [4.69, 9.17) is 19.9 Å². The molecule has 5 heteroatoms. The molecular weight excluding hydrogens is 538 g/mol. The van der Waals surface area contributed by atoms with Crippen LogP contribution in [0.15, 0.2) is 132 Å². The Morgan fingerprint density at radius 1 is 0.614 bits per heavy atom. The van der Waals surface area contributed by atoms with Gasteiger partial charge in [0, 0.05) is 50.3 Å². The van der Waals surface area contributed by atoms with E-state index in [0.717, 1.165) is 45.3 Å². The van der Waals surface area contributed by atoms with Gasteiger partial charge in [0.15, 0.2) is 11.6 Å². The van der Waals surface area contributed by atoms with E-state index in [2.05, 4.69) is 102 Å². The Kier molecular flexibility index (Phi) is 5.63. The molecule has 0 fully saturated rings. The van der Waals surface area contributed by atoms with Gasteiger partial charge in [0.1, 0.15) is 5.82 Å². The Labute approximate surface area is 254 Å². The number of nitrogens with zero attached hydrogens (tertiary/aromatic N) is 4. The second kappa shape index (κ2) is 9.96. The van der Waals surface area contributed by atoms with Crippen molar-refractivity contribution in [1.29, 1.82) is 0 Å². The lowest BCUT2D eigenvalue weighted by atomic mass is 9.79. The predicted octanol–water partition coefficient (Wildman–Crippen LogP) is 7.72. The number of hydrogen-bond acceptors (Lipinski definition) is 4. The van der Waals surface area contributed by atoms with Gasteiger partial charge < -0.3 is 4.98 Å². The van der Waals surface area contributed by atoms with Crippen LogP contribution in [0.3, 0.4) is 0 Å². The third-order valence-electron chi connectivity index (χ3n) is 8.88. The normalized spacial score (nSPS) is 16.5. The van der Waals surface area contributed by atoms with Crippen LogP contribution in [-0.4, -0.2) is 19.9 Å². The van der Waals surface area contributed by atoms with Crippen molar-refractivity contribution < 1.29 is 0 Å². The quantitative estimate of drug-likeness (QED) is 0.238. The van der Waals surface area contributed by atoms with E-state index in [-0.39, 0.29) is 11.8 Å². The molecular formula is C39H27N5. The standard InChI is InChI=1S/C39H27N5/c1-4-12-24(13-5-1)29-20-27(39-43-37(25-14-6-2-7-15-25)42-38(44-39)26-16-8-3-9-17-26)21-35-36(29)31-22-30-28-18-10-11-19-32(28)40-33(30)23-34(31)41-35/h1-19,21-23,27,29,41H,20H2. The molecule has 9 rings (SSSR count). The number of rotatable bonds is 4. The van der Waals surface area contributed by atoms with Gasteiger partial charge in [-0.3, -0.25) is 0 Å². The molecule has 0 saturated carbocycles. The molecule has 5 nitrogen and oxygen atoms in total. The molecule has 2 aromatic heterocycles. The highest BCUT2D eigenvalue weighted by Crippen LogP contribution is 2.41. The fourth-order valence-electron chi connectivity index (χ4n) is 6.82. The summed E-state index contributed by atoms with van der Waals surface area (Å²) in [6.45, 7) is 0. The highest BCUT2D eigenvalue weighted by atomic mass is 15.0. The highest BCUT2D eigenvalue weighted by molar-refractivity contribution is 5.92. The first kappa shape index (κ1) is 24.9. The Morgan fingerprint density at radius 2 is 1.25 bits per heavy atom. The Balaban J connectivity index is 1.26. The first-order valence-electron chi connectivity index (χ1n) is 15.1. The Hall–Kier alpha value is -5.68. The molecule has 1 aliphatic heterocycles. The highest BCUT2D eigenvalue weighted by Gasteiger charge is 2.31. The molecule has 208 valence electrons. The number of aromatic amines is 1. The van der Waals surface area contributed by atoms with Gasteiger partial charge in [-0.2, -0.15) is 0 Å². The summed E-state index contributed by atoms with van der Waals surface area (Å²) in [6, 6.07) is 44.1. The van der Waals surface area contributed by atoms with Crippen molar-refractivity contribution in [2.24, 2.45) is 4.99 Å². The van der Waals surface area contributed by atoms with Gasteiger partial charge in [-0.15, -0.1) is 0 Å². The second-order valence-corrected chi connectivity index (χ2v) is 11.5. The van der Waals surface area contributed by atoms with Gasteiger partial charge >= 0.3 is 0 Å². The van der Waals surface area contributed by atoms with E-state index >= 15 is 0 Å². The number of nitrogens with one attached hydrogen (secondary N) is 1. The van der Waals surface area contributed by atoms with Crippen molar-refractivity contribution in [2.45, 2.75) is 18.3 Å². The zero-order valence-electron chi connectivity index (χ0n) is 23.9. The summed E-state index contributed by atoms with van der Waals surface area (Å²) in [5.74, 6) is 2.33. The number of benzene rings is 5. The molecule has 0 spiro atoms. The lowest BCUT2D eigenvalue weighted by Crippen LogP contribution is -2.23. The molecule has 0 bridgehead atoms. The molecule has 7 aromatic rings. The van der Waals surface area contributed by atoms with Crippen LogP contribution in [0.5, 0.6) is 0 Å². The molecule has 44 heavy (non-hydrogen) atoms. The number of fused-ring (bicyclic) bond motifs is 6. The SMILES string of the molecule is C1=c2[nH]c3cc4c(cc3c2C(c2ccccc2)CC1c1nc(-c2ccccc2)nc(-c2ccccc2)n1)-c1ccccc1N=4. The molecule has 0 amide bonds. The van der Waals surface area contributed by atoms with E-state index in [1.54, 1.807) is 0 Å². The molecule has 5 aromatic carbocycles. The fourth-order valence-corrected chi connectivity index (χ4v) is 6.82. The van der Waals surface area contributed by atoms with Crippen LogP contribution in [-0.2, 0) is 0 Å². The summed E-state index contributed by atoms with van der Waals surface area (Å²) >= 11 is 0. The maximum absolute atomic E-state index is 5.10. The van der Waals surface area contributed by atoms with Gasteiger partial charge in [0.25, 0.3) is 0 Å². The summed E-state index contributed by atoms with van der Waals surface area (Å²) in [5.41, 5.74) is 9.11. The Bertz CT molecular complexity index is 2250. The van der Waals surface area contributed by atoms with Gasteiger partial charge in [-0.25, -0.2) is 19.9 Å². The second-order valence-electron chi connectivity index (χ2n) is 11.5. The summed E-state index contributed by atoms with van der Waals surface area (Å²) in [7, 11) is 0. The van der Waals surface area contributed by atoms with Gasteiger partial charge in [0.2, 0.25) is 0 Å². The van der Waals surface area contributed by atoms with Crippen LogP contribution in [0.4, 0.5) is 5.69 Å². The fraction of sp³-hybridized carbons (Fsp3) is 0.0769. The molecule has 2 aliphatic rings. The summed E-state index contributed by atoms with van der Waals surface area (Å²) in [6.07, 6.45) is 3.18. The van der Waals surface area contributed by atoms with Crippen LogP contribution < -0.4 is 10.7 Å². The van der Waals surface area contributed by atoms with E-state index in [9.17, 15) is 0 Å². The lowest BCUT2D eigenvalue weighted by Gasteiger charge is -2.26. The van der Waals surface area contributed by atoms with Crippen LogP contribution >= 0.6 is 0 Å². The smallest absolute Gasteiger partial charge is 0.163 e. The van der Waals surface area contributed by atoms with Crippen molar-refractivity contribution in [3.05, 3.63) is 155 Å². The summed E-state index contributed by atoms with van der Waals surface area (Å²) in [5, 5.41) is 3.40. The zero-order chi connectivity index (χ0) is 29.0. The third kappa shape index (κ3) is 4.08. The maximum atomic E-state index is 5.10. The zero-order valence-corrected chi connectivity index (χ0v) is 23.9. The largest absolute Gasteiger partial charge is 0.355 e. The average molecular weight is 566 g/mol. The first-order valence-corrected chi connectivity index (χ1v) is 15.1. The van der Waals surface area contributed by atoms with E-state index in [0.29, 0.717) is 11.6 Å². The van der Waals surface area contributed by atoms with Gasteiger partial charge in [0.05, 0.1) is 11.0 Å². The summed E-state index contributed by atoms with van der Waals surface area (Å²) in [4.78, 5) is 23.8. The van der Waals surface area contributed by atoms with E-state index < -0.39 is 0 Å². The number of para-hydroxylation sites is 1. The van der Waals surface area contributed by atoms with Crippen LogP contribution in [0.2, 0.25) is 0 Å². The van der Waals surface area contributed by atoms with Gasteiger partial charge in [-0.1, -0.05) is 109 Å². The average Bonchev–Trinajstić information content (AvgIpc) is 3.65.